The largest absolute Gasteiger partial charge is 0.397 e. The predicted octanol–water partition coefficient (Wildman–Crippen LogP) is 3.71. The molecule has 1 fully saturated rings. The van der Waals surface area contributed by atoms with Crippen LogP contribution in [-0.4, -0.2) is 38.6 Å². The smallest absolute Gasteiger partial charge is 0.350 e. The lowest BCUT2D eigenvalue weighted by Crippen LogP contribution is -2.41. The highest BCUT2D eigenvalue weighted by molar-refractivity contribution is 7.80. The van der Waals surface area contributed by atoms with Gasteiger partial charge in [-0.25, -0.2) is 4.18 Å². The van der Waals surface area contributed by atoms with E-state index in [9.17, 15) is 8.42 Å². The summed E-state index contributed by atoms with van der Waals surface area (Å²) in [4.78, 5) is 0. The van der Waals surface area contributed by atoms with Crippen molar-refractivity contribution in [1.29, 1.82) is 0 Å². The number of unbranched alkanes of at least 4 members (excludes halogenated alkanes) is 5. The summed E-state index contributed by atoms with van der Waals surface area (Å²) in [5.74, 6) is 0.331. The average Bonchev–Trinajstić information content (AvgIpc) is 2.49. The Labute approximate surface area is 140 Å². The lowest BCUT2D eigenvalue weighted by molar-refractivity contribution is -0.235. The van der Waals surface area contributed by atoms with Gasteiger partial charge in [-0.2, -0.15) is 8.42 Å². The topological polar surface area (TPSA) is 82.1 Å². The zero-order valence-corrected chi connectivity index (χ0v) is 15.2. The Morgan fingerprint density at radius 2 is 1.61 bits per heavy atom. The molecule has 6 nitrogen and oxygen atoms in total. The lowest BCUT2D eigenvalue weighted by atomic mass is 9.95. The van der Waals surface area contributed by atoms with Gasteiger partial charge < -0.3 is 9.47 Å². The Morgan fingerprint density at radius 1 is 1.00 bits per heavy atom. The fourth-order valence-corrected chi connectivity index (χ4v) is 3.43. The van der Waals surface area contributed by atoms with Crippen molar-refractivity contribution in [1.82, 2.24) is 0 Å². The molecule has 0 radical (unpaired) electrons. The van der Waals surface area contributed by atoms with Crippen LogP contribution in [0.3, 0.4) is 0 Å². The first kappa shape index (κ1) is 20.8. The van der Waals surface area contributed by atoms with Crippen molar-refractivity contribution in [3.05, 3.63) is 0 Å². The summed E-state index contributed by atoms with van der Waals surface area (Å²) >= 11 is 0. The fourth-order valence-electron chi connectivity index (χ4n) is 2.97. The minimum atomic E-state index is -4.46. The van der Waals surface area contributed by atoms with Crippen LogP contribution in [0.1, 0.15) is 71.6 Å². The molecule has 0 spiro atoms. The van der Waals surface area contributed by atoms with E-state index in [1.807, 2.05) is 0 Å². The number of rotatable bonds is 12. The molecule has 1 aliphatic rings. The monoisotopic (exact) mass is 352 g/mol. The molecule has 1 unspecified atom stereocenters. The highest BCUT2D eigenvalue weighted by Crippen LogP contribution is 2.26. The van der Waals surface area contributed by atoms with Gasteiger partial charge in [-0.05, 0) is 12.8 Å². The van der Waals surface area contributed by atoms with E-state index >= 15 is 0 Å². The molecule has 1 atom stereocenters. The van der Waals surface area contributed by atoms with Crippen molar-refractivity contribution in [2.75, 3.05) is 13.2 Å². The van der Waals surface area contributed by atoms with Crippen molar-refractivity contribution >= 4 is 10.4 Å². The van der Waals surface area contributed by atoms with Crippen LogP contribution < -0.4 is 0 Å². The average molecular weight is 352 g/mol. The van der Waals surface area contributed by atoms with Crippen LogP contribution in [-0.2, 0) is 24.1 Å². The Bertz CT molecular complexity index is 389. The van der Waals surface area contributed by atoms with E-state index in [2.05, 4.69) is 18.0 Å². The highest BCUT2D eigenvalue weighted by atomic mass is 32.3. The second-order valence-corrected chi connectivity index (χ2v) is 7.33. The van der Waals surface area contributed by atoms with E-state index in [4.69, 9.17) is 14.0 Å². The second-order valence-electron chi connectivity index (χ2n) is 6.29. The molecule has 7 heteroatoms. The summed E-state index contributed by atoms with van der Waals surface area (Å²) in [5.41, 5.74) is 0. The van der Waals surface area contributed by atoms with E-state index in [-0.39, 0.29) is 19.5 Å². The van der Waals surface area contributed by atoms with Crippen LogP contribution in [0.2, 0.25) is 0 Å². The normalized spacial score (nSPS) is 23.8. The maximum atomic E-state index is 10.7. The van der Waals surface area contributed by atoms with E-state index in [1.165, 1.54) is 38.5 Å². The minimum Gasteiger partial charge on any atom is -0.350 e. The third kappa shape index (κ3) is 9.62. The molecule has 138 valence electrons. The molecule has 1 aliphatic heterocycles. The number of hydrogen-bond acceptors (Lipinski definition) is 5. The first-order chi connectivity index (χ1) is 11.0. The molecule has 1 N–H and O–H groups in total. The molecule has 0 aromatic rings. The molecule has 1 heterocycles. The van der Waals surface area contributed by atoms with Gasteiger partial charge >= 0.3 is 10.4 Å². The van der Waals surface area contributed by atoms with Crippen molar-refractivity contribution < 1.29 is 26.6 Å². The predicted molar refractivity (Wildman–Crippen MR) is 88.5 cm³/mol. The van der Waals surface area contributed by atoms with Gasteiger partial charge in [-0.3, -0.25) is 4.55 Å². The van der Waals surface area contributed by atoms with Gasteiger partial charge in [0.15, 0.2) is 6.29 Å². The number of hydrogen-bond donors (Lipinski definition) is 1. The van der Waals surface area contributed by atoms with Crippen LogP contribution in [0.4, 0.5) is 0 Å². The summed E-state index contributed by atoms with van der Waals surface area (Å²) in [6.07, 6.45) is 9.65. The minimum absolute atomic E-state index is 0.126. The van der Waals surface area contributed by atoms with Crippen LogP contribution in [0.5, 0.6) is 0 Å². The van der Waals surface area contributed by atoms with E-state index in [0.29, 0.717) is 5.92 Å². The van der Waals surface area contributed by atoms with Gasteiger partial charge in [0.05, 0.1) is 13.2 Å². The molecular formula is C16H32O6S. The van der Waals surface area contributed by atoms with Crippen molar-refractivity contribution in [3.8, 4) is 0 Å². The van der Waals surface area contributed by atoms with E-state index < -0.39 is 16.5 Å². The third-order valence-electron chi connectivity index (χ3n) is 4.12. The van der Waals surface area contributed by atoms with E-state index in [0.717, 1.165) is 19.3 Å². The molecule has 0 aliphatic carbocycles. The molecule has 1 rings (SSSR count). The molecular weight excluding hydrogens is 320 g/mol. The van der Waals surface area contributed by atoms with Gasteiger partial charge in [0, 0.05) is 5.92 Å². The van der Waals surface area contributed by atoms with Crippen molar-refractivity contribution in [3.63, 3.8) is 0 Å². The molecule has 0 saturated carbocycles. The van der Waals surface area contributed by atoms with Crippen LogP contribution in [0.15, 0.2) is 0 Å². The van der Waals surface area contributed by atoms with Crippen LogP contribution >= 0.6 is 0 Å². The number of ether oxygens (including phenoxy) is 2. The highest BCUT2D eigenvalue weighted by Gasteiger charge is 2.30. The summed E-state index contributed by atoms with van der Waals surface area (Å²) in [6.45, 7) is 4.61. The van der Waals surface area contributed by atoms with E-state index in [1.54, 1.807) is 0 Å². The Balaban J connectivity index is 2.29. The second kappa shape index (κ2) is 11.4. The van der Waals surface area contributed by atoms with Gasteiger partial charge in [0.25, 0.3) is 0 Å². The molecule has 0 amide bonds. The third-order valence-corrected chi connectivity index (χ3v) is 4.64. The summed E-state index contributed by atoms with van der Waals surface area (Å²) in [5, 5.41) is 0. The SMILES string of the molecule is CCCCCCCCC(CCC)C1OCC(OS(=O)(=O)O)CO1. The Kier molecular flexibility index (Phi) is 10.3. The fraction of sp³-hybridized carbons (Fsp3) is 1.00. The quantitative estimate of drug-likeness (QED) is 0.426. The van der Waals surface area contributed by atoms with Crippen LogP contribution in [0.25, 0.3) is 0 Å². The van der Waals surface area contributed by atoms with Crippen molar-refractivity contribution in [2.45, 2.75) is 84.0 Å². The lowest BCUT2D eigenvalue weighted by Gasteiger charge is -2.33. The van der Waals surface area contributed by atoms with Gasteiger partial charge in [0.2, 0.25) is 0 Å². The van der Waals surface area contributed by atoms with Gasteiger partial charge in [0.1, 0.15) is 6.10 Å². The maximum absolute atomic E-state index is 10.7. The van der Waals surface area contributed by atoms with Gasteiger partial charge in [-0.15, -0.1) is 0 Å². The van der Waals surface area contributed by atoms with Gasteiger partial charge in [-0.1, -0.05) is 58.8 Å². The Morgan fingerprint density at radius 3 is 2.17 bits per heavy atom. The summed E-state index contributed by atoms with van der Waals surface area (Å²) in [6, 6.07) is 0. The maximum Gasteiger partial charge on any atom is 0.397 e. The zero-order valence-electron chi connectivity index (χ0n) is 14.4. The first-order valence-electron chi connectivity index (χ1n) is 8.85. The molecule has 0 aromatic carbocycles. The zero-order chi connectivity index (χ0) is 17.1. The first-order valence-corrected chi connectivity index (χ1v) is 10.2. The standard InChI is InChI=1S/C16H32O6S/c1-3-5-6-7-8-9-11-14(10-4-2)16-20-12-15(13-21-16)22-23(17,18)19/h14-16H,3-13H2,1-2H3,(H,17,18,19). The molecule has 0 aromatic heterocycles. The molecule has 23 heavy (non-hydrogen) atoms. The Hall–Kier alpha value is -0.210. The summed E-state index contributed by atoms with van der Waals surface area (Å²) in [7, 11) is -4.46. The molecule has 1 saturated heterocycles. The summed E-state index contributed by atoms with van der Waals surface area (Å²) < 4.78 is 45.8. The van der Waals surface area contributed by atoms with Crippen molar-refractivity contribution in [2.24, 2.45) is 5.92 Å². The van der Waals surface area contributed by atoms with Crippen LogP contribution in [0, 0.1) is 5.92 Å². The molecule has 0 bridgehead atoms.